The second kappa shape index (κ2) is 8.47. The first-order valence-corrected chi connectivity index (χ1v) is 9.01. The molecule has 2 aromatic heterocycles. The van der Waals surface area contributed by atoms with Gasteiger partial charge in [0.05, 0.1) is 25.6 Å². The second-order valence-corrected chi connectivity index (χ2v) is 6.61. The van der Waals surface area contributed by atoms with Gasteiger partial charge in [0.2, 0.25) is 0 Å². The van der Waals surface area contributed by atoms with E-state index in [1.807, 2.05) is 0 Å². The van der Waals surface area contributed by atoms with E-state index in [0.717, 1.165) is 0 Å². The third-order valence-corrected chi connectivity index (χ3v) is 3.71. The van der Waals surface area contributed by atoms with Gasteiger partial charge < -0.3 is 34.6 Å². The van der Waals surface area contributed by atoms with Crippen LogP contribution in [0.4, 0.5) is 5.82 Å². The van der Waals surface area contributed by atoms with Crippen LogP contribution in [-0.2, 0) is 9.30 Å². The molecule has 1 atom stereocenters. The first-order valence-electron chi connectivity index (χ1n) is 7.21. The molecule has 2 heterocycles. The Balaban J connectivity index is 2.21. The van der Waals surface area contributed by atoms with Gasteiger partial charge in [0.15, 0.2) is 11.5 Å². The predicted octanol–water partition coefficient (Wildman–Crippen LogP) is -0.694. The van der Waals surface area contributed by atoms with Gasteiger partial charge in [-0.25, -0.2) is 15.0 Å². The van der Waals surface area contributed by atoms with Gasteiger partial charge in [0, 0.05) is 13.2 Å². The molecule has 0 aliphatic carbocycles. The van der Waals surface area contributed by atoms with E-state index in [4.69, 9.17) is 19.6 Å². The average Bonchev–Trinajstić information content (AvgIpc) is 2.95. The Kier molecular flexibility index (Phi) is 6.60. The van der Waals surface area contributed by atoms with E-state index in [9.17, 15) is 9.67 Å². The van der Waals surface area contributed by atoms with Gasteiger partial charge in [-0.15, -0.1) is 0 Å². The summed E-state index contributed by atoms with van der Waals surface area (Å²) in [6, 6.07) is -0.396. The molecule has 0 aliphatic rings. The predicted molar refractivity (Wildman–Crippen MR) is 84.5 cm³/mol. The van der Waals surface area contributed by atoms with E-state index in [1.165, 1.54) is 12.7 Å². The fraction of sp³-hybridized carbons (Fsp3) is 0.583. The number of hydrogen-bond acceptors (Lipinski definition) is 8. The number of ether oxygens (including phenoxy) is 1. The molecule has 0 aromatic carbocycles. The van der Waals surface area contributed by atoms with Crippen molar-refractivity contribution in [3.63, 3.8) is 0 Å². The lowest BCUT2D eigenvalue weighted by atomic mass is 10.2. The standard InChI is InChI=1S/C12H20N5O6P/c18-3-1-9(5-23-8-24(20,21)22)17-7-16-10-11(13-2-4-19)14-6-15-12(10)17/h6-7,9,18-19H,1-5,8H2,(H,13,14,15)(H2,20,21,22). The van der Waals surface area contributed by atoms with Crippen LogP contribution >= 0.6 is 7.60 Å². The molecule has 2 aromatic rings. The number of anilines is 1. The van der Waals surface area contributed by atoms with Crippen molar-refractivity contribution >= 4 is 24.6 Å². The van der Waals surface area contributed by atoms with Crippen LogP contribution in [0.5, 0.6) is 0 Å². The lowest BCUT2D eigenvalue weighted by molar-refractivity contribution is 0.112. The minimum atomic E-state index is -4.26. The zero-order valence-corrected chi connectivity index (χ0v) is 13.7. The summed E-state index contributed by atoms with van der Waals surface area (Å²) >= 11 is 0. The van der Waals surface area contributed by atoms with Crippen LogP contribution < -0.4 is 5.32 Å². The summed E-state index contributed by atoms with van der Waals surface area (Å²) in [5.74, 6) is 0.465. The number of aromatic nitrogens is 4. The molecule has 0 fully saturated rings. The van der Waals surface area contributed by atoms with Crippen LogP contribution in [0, 0.1) is 0 Å². The molecule has 134 valence electrons. The molecule has 0 spiro atoms. The van der Waals surface area contributed by atoms with E-state index in [0.29, 0.717) is 29.9 Å². The molecular weight excluding hydrogens is 341 g/mol. The van der Waals surface area contributed by atoms with Crippen LogP contribution in [0.25, 0.3) is 11.2 Å². The normalized spacial score (nSPS) is 13.3. The van der Waals surface area contributed by atoms with E-state index < -0.39 is 20.0 Å². The summed E-state index contributed by atoms with van der Waals surface area (Å²) in [6.07, 6.45) is 2.45. The molecule has 0 saturated heterocycles. The number of aliphatic hydroxyl groups is 2. The average molecular weight is 361 g/mol. The van der Waals surface area contributed by atoms with Crippen molar-refractivity contribution < 1.29 is 29.3 Å². The van der Waals surface area contributed by atoms with Gasteiger partial charge >= 0.3 is 7.60 Å². The number of rotatable bonds is 10. The minimum Gasteiger partial charge on any atom is -0.396 e. The van der Waals surface area contributed by atoms with E-state index in [1.54, 1.807) is 4.57 Å². The van der Waals surface area contributed by atoms with E-state index in [-0.39, 0.29) is 19.8 Å². The molecule has 0 radical (unpaired) electrons. The maximum Gasteiger partial charge on any atom is 0.350 e. The molecule has 0 aliphatic heterocycles. The SMILES string of the molecule is O=P(O)(O)COCC(CCO)n1cnc2c(NCCO)ncnc21. The summed E-state index contributed by atoms with van der Waals surface area (Å²) < 4.78 is 17.6. The Hall–Kier alpha value is -1.62. The maximum absolute atomic E-state index is 10.9. The Morgan fingerprint density at radius 2 is 2.04 bits per heavy atom. The van der Waals surface area contributed by atoms with Crippen molar-refractivity contribution in [1.82, 2.24) is 19.5 Å². The number of nitrogens with one attached hydrogen (secondary N) is 1. The minimum absolute atomic E-state index is 0.0134. The quantitative estimate of drug-likeness (QED) is 0.342. The molecule has 0 bridgehead atoms. The summed E-state index contributed by atoms with van der Waals surface area (Å²) in [4.78, 5) is 30.2. The molecule has 5 N–H and O–H groups in total. The van der Waals surface area contributed by atoms with Crippen LogP contribution in [0.1, 0.15) is 12.5 Å². The summed E-state index contributed by atoms with van der Waals surface area (Å²) in [6.45, 7) is 0.102. The highest BCUT2D eigenvalue weighted by atomic mass is 31.2. The smallest absolute Gasteiger partial charge is 0.350 e. The second-order valence-electron chi connectivity index (χ2n) is 5.03. The number of aliphatic hydroxyl groups excluding tert-OH is 2. The van der Waals surface area contributed by atoms with Gasteiger partial charge in [-0.3, -0.25) is 4.57 Å². The fourth-order valence-electron chi connectivity index (χ4n) is 2.18. The van der Waals surface area contributed by atoms with Crippen molar-refractivity contribution in [2.75, 3.05) is 38.0 Å². The maximum atomic E-state index is 10.9. The van der Waals surface area contributed by atoms with E-state index >= 15 is 0 Å². The zero-order valence-electron chi connectivity index (χ0n) is 12.8. The van der Waals surface area contributed by atoms with Crippen LogP contribution in [0.3, 0.4) is 0 Å². The first-order chi connectivity index (χ1) is 11.5. The summed E-state index contributed by atoms with van der Waals surface area (Å²) in [5, 5.41) is 21.0. The van der Waals surface area contributed by atoms with E-state index in [2.05, 4.69) is 20.3 Å². The Morgan fingerprint density at radius 1 is 1.25 bits per heavy atom. The molecule has 0 saturated carbocycles. The lowest BCUT2D eigenvalue weighted by Gasteiger charge is -2.18. The van der Waals surface area contributed by atoms with Crippen molar-refractivity contribution in [2.24, 2.45) is 0 Å². The third-order valence-electron chi connectivity index (χ3n) is 3.19. The molecule has 2 rings (SSSR count). The number of fused-ring (bicyclic) bond motifs is 1. The molecule has 12 heteroatoms. The highest BCUT2D eigenvalue weighted by molar-refractivity contribution is 7.51. The van der Waals surface area contributed by atoms with Crippen LogP contribution in [0.15, 0.2) is 12.7 Å². The van der Waals surface area contributed by atoms with Crippen molar-refractivity contribution in [2.45, 2.75) is 12.5 Å². The molecule has 0 amide bonds. The highest BCUT2D eigenvalue weighted by Crippen LogP contribution is 2.34. The van der Waals surface area contributed by atoms with Gasteiger partial charge in [-0.2, -0.15) is 0 Å². The number of nitrogens with zero attached hydrogens (tertiary/aromatic N) is 4. The molecule has 11 nitrogen and oxygen atoms in total. The van der Waals surface area contributed by atoms with Crippen molar-refractivity contribution in [3.05, 3.63) is 12.7 Å². The number of imidazole rings is 1. The van der Waals surface area contributed by atoms with Crippen LogP contribution in [0.2, 0.25) is 0 Å². The monoisotopic (exact) mass is 361 g/mol. The Labute approximate surface area is 137 Å². The third kappa shape index (κ3) is 4.94. The van der Waals surface area contributed by atoms with Gasteiger partial charge in [0.25, 0.3) is 0 Å². The fourth-order valence-corrected chi connectivity index (χ4v) is 2.53. The largest absolute Gasteiger partial charge is 0.396 e. The Bertz CT molecular complexity index is 704. The van der Waals surface area contributed by atoms with Crippen LogP contribution in [-0.4, -0.2) is 72.2 Å². The first kappa shape index (κ1) is 18.7. The highest BCUT2D eigenvalue weighted by Gasteiger charge is 2.19. The summed E-state index contributed by atoms with van der Waals surface area (Å²) in [5.41, 5.74) is 0.979. The summed E-state index contributed by atoms with van der Waals surface area (Å²) in [7, 11) is -4.26. The van der Waals surface area contributed by atoms with Gasteiger partial charge in [-0.05, 0) is 6.42 Å². The molecular formula is C12H20N5O6P. The number of hydrogen-bond donors (Lipinski definition) is 5. The lowest BCUT2D eigenvalue weighted by Crippen LogP contribution is -2.17. The van der Waals surface area contributed by atoms with Gasteiger partial charge in [0.1, 0.15) is 18.2 Å². The molecule has 1 unspecified atom stereocenters. The van der Waals surface area contributed by atoms with Crippen molar-refractivity contribution in [3.8, 4) is 0 Å². The van der Waals surface area contributed by atoms with Crippen molar-refractivity contribution in [1.29, 1.82) is 0 Å². The molecule has 24 heavy (non-hydrogen) atoms. The van der Waals surface area contributed by atoms with Gasteiger partial charge in [-0.1, -0.05) is 0 Å². The zero-order chi connectivity index (χ0) is 17.6. The Morgan fingerprint density at radius 3 is 2.71 bits per heavy atom. The topological polar surface area (TPSA) is 163 Å².